The quantitative estimate of drug-likeness (QED) is 0.137. The van der Waals surface area contributed by atoms with Crippen LogP contribution in [0.15, 0.2) is 41.3 Å². The van der Waals surface area contributed by atoms with Crippen molar-refractivity contribution >= 4 is 17.0 Å². The van der Waals surface area contributed by atoms with Gasteiger partial charge < -0.3 is 32.0 Å². The highest BCUT2D eigenvalue weighted by Crippen LogP contribution is 2.29. The Balaban J connectivity index is 1.39. The van der Waals surface area contributed by atoms with E-state index in [2.05, 4.69) is 38.5 Å². The summed E-state index contributed by atoms with van der Waals surface area (Å²) in [4.78, 5) is 22.9. The Morgan fingerprint density at radius 2 is 2.11 bits per heavy atom. The van der Waals surface area contributed by atoms with E-state index in [1.807, 2.05) is 30.5 Å². The minimum Gasteiger partial charge on any atom is -0.370 e. The van der Waals surface area contributed by atoms with Crippen LogP contribution in [0.4, 0.5) is 0 Å². The van der Waals surface area contributed by atoms with Gasteiger partial charge in [-0.1, -0.05) is 19.1 Å². The number of likely N-dealkylation sites (tertiary alicyclic amines) is 1. The minimum absolute atomic E-state index is 0.00228. The fraction of sp³-hybridized carbons (Fsp3) is 0.480. The maximum atomic E-state index is 12.7. The molecule has 1 fully saturated rings. The lowest BCUT2D eigenvalue weighted by molar-refractivity contribution is 0.288. The number of H-pyrrole nitrogens is 1. The van der Waals surface area contributed by atoms with Gasteiger partial charge in [-0.25, -0.2) is 4.79 Å². The van der Waals surface area contributed by atoms with Gasteiger partial charge in [0, 0.05) is 49.4 Å². The Labute approximate surface area is 205 Å². The number of guanidine groups is 1. The molecule has 0 unspecified atom stereocenters. The molecule has 0 amide bonds. The van der Waals surface area contributed by atoms with Crippen molar-refractivity contribution < 1.29 is 0 Å². The fourth-order valence-electron chi connectivity index (χ4n) is 4.63. The molecule has 10 nitrogen and oxygen atoms in total. The van der Waals surface area contributed by atoms with E-state index < -0.39 is 0 Å². The van der Waals surface area contributed by atoms with Crippen LogP contribution in [0.5, 0.6) is 0 Å². The molecular weight excluding hydrogens is 442 g/mol. The van der Waals surface area contributed by atoms with E-state index >= 15 is 0 Å². The Hall–Kier alpha value is -3.21. The summed E-state index contributed by atoms with van der Waals surface area (Å²) >= 11 is 0. The lowest BCUT2D eigenvalue weighted by atomic mass is 10.1. The molecule has 0 spiro atoms. The highest BCUT2D eigenvalue weighted by atomic mass is 16.1. The smallest absolute Gasteiger partial charge is 0.354 e. The average Bonchev–Trinajstić information content (AvgIpc) is 3.47. The Kier molecular flexibility index (Phi) is 8.17. The van der Waals surface area contributed by atoms with Crippen molar-refractivity contribution in [3.63, 3.8) is 0 Å². The minimum atomic E-state index is -0.292. The predicted octanol–water partition coefficient (Wildman–Crippen LogP) is 1.06. The number of nitrogens with two attached hydrogens (primary N) is 2. The first-order valence-electron chi connectivity index (χ1n) is 12.4. The van der Waals surface area contributed by atoms with Gasteiger partial charge in [0.2, 0.25) is 0 Å². The molecule has 2 aromatic heterocycles. The van der Waals surface area contributed by atoms with Gasteiger partial charge in [0.25, 0.3) is 0 Å². The van der Waals surface area contributed by atoms with Crippen molar-refractivity contribution in [1.82, 2.24) is 30.1 Å². The van der Waals surface area contributed by atoms with Gasteiger partial charge in [-0.3, -0.25) is 9.98 Å². The highest BCUT2D eigenvalue weighted by molar-refractivity contribution is 5.76. The number of aromatic amines is 1. The van der Waals surface area contributed by atoms with Gasteiger partial charge in [-0.2, -0.15) is 4.98 Å². The summed E-state index contributed by atoms with van der Waals surface area (Å²) in [6, 6.07) is 10.1. The van der Waals surface area contributed by atoms with E-state index in [1.54, 1.807) is 4.57 Å². The molecule has 0 saturated carbocycles. The van der Waals surface area contributed by atoms with E-state index in [0.717, 1.165) is 67.9 Å². The zero-order chi connectivity index (χ0) is 24.8. The first kappa shape index (κ1) is 24.9. The topological polar surface area (TPSA) is 154 Å². The molecular formula is C25H37N9O. The molecule has 1 saturated heterocycles. The first-order chi connectivity index (χ1) is 16.9. The second-order valence-electron chi connectivity index (χ2n) is 9.55. The Bertz CT molecular complexity index is 1180. The molecule has 1 aliphatic heterocycles. The zero-order valence-corrected chi connectivity index (χ0v) is 20.4. The van der Waals surface area contributed by atoms with Crippen molar-refractivity contribution in [3.8, 4) is 5.69 Å². The van der Waals surface area contributed by atoms with Crippen molar-refractivity contribution in [2.75, 3.05) is 39.3 Å². The predicted molar refractivity (Wildman–Crippen MR) is 140 cm³/mol. The number of benzene rings is 1. The van der Waals surface area contributed by atoms with Crippen LogP contribution in [0.3, 0.4) is 0 Å². The van der Waals surface area contributed by atoms with Crippen molar-refractivity contribution in [2.24, 2.45) is 17.4 Å². The molecule has 3 aromatic rings. The molecule has 35 heavy (non-hydrogen) atoms. The second kappa shape index (κ2) is 11.5. The molecule has 8 N–H and O–H groups in total. The van der Waals surface area contributed by atoms with E-state index in [1.165, 1.54) is 0 Å². The van der Waals surface area contributed by atoms with Crippen molar-refractivity contribution in [3.05, 3.63) is 58.3 Å². The average molecular weight is 480 g/mol. The van der Waals surface area contributed by atoms with Gasteiger partial charge in [0.05, 0.1) is 5.69 Å². The van der Waals surface area contributed by atoms with Crippen molar-refractivity contribution in [2.45, 2.75) is 32.2 Å². The lowest BCUT2D eigenvalue weighted by Gasteiger charge is -2.19. The monoisotopic (exact) mass is 479 g/mol. The van der Waals surface area contributed by atoms with Gasteiger partial charge in [-0.15, -0.1) is 0 Å². The summed E-state index contributed by atoms with van der Waals surface area (Å²) in [5.41, 5.74) is 14.5. The molecule has 1 aromatic carbocycles. The number of hydrogen-bond acceptors (Lipinski definition) is 6. The SMILES string of the molecule is C[C@@H](CN)CN1CC[C@@H](c2cc3cn(-c4ccc(CNCCCNC(=N)N)cc4)c(=O)nc3[nH]2)C1. The fourth-order valence-corrected chi connectivity index (χ4v) is 4.63. The van der Waals surface area contributed by atoms with Gasteiger partial charge in [0.1, 0.15) is 5.65 Å². The molecule has 10 heteroatoms. The third-order valence-corrected chi connectivity index (χ3v) is 6.60. The zero-order valence-electron chi connectivity index (χ0n) is 20.4. The molecule has 2 atom stereocenters. The number of nitrogens with zero attached hydrogens (tertiary/aromatic N) is 3. The summed E-state index contributed by atoms with van der Waals surface area (Å²) in [5.74, 6) is 0.914. The number of aromatic nitrogens is 3. The number of nitrogens with one attached hydrogen (secondary N) is 4. The molecule has 3 heterocycles. The van der Waals surface area contributed by atoms with Crippen LogP contribution < -0.4 is 27.8 Å². The number of rotatable bonds is 11. The molecule has 0 aliphatic carbocycles. The highest BCUT2D eigenvalue weighted by Gasteiger charge is 2.26. The van der Waals surface area contributed by atoms with E-state index in [9.17, 15) is 4.79 Å². The van der Waals surface area contributed by atoms with Crippen LogP contribution in [0.2, 0.25) is 0 Å². The largest absolute Gasteiger partial charge is 0.370 e. The van der Waals surface area contributed by atoms with Crippen LogP contribution in [0.1, 0.15) is 36.9 Å². The summed E-state index contributed by atoms with van der Waals surface area (Å²) in [5, 5.41) is 14.2. The van der Waals surface area contributed by atoms with Gasteiger partial charge in [-0.05, 0) is 62.2 Å². The van der Waals surface area contributed by atoms with E-state index in [0.29, 0.717) is 30.6 Å². The first-order valence-corrected chi connectivity index (χ1v) is 12.4. The van der Waals surface area contributed by atoms with E-state index in [4.69, 9.17) is 16.9 Å². The normalized spacial score (nSPS) is 17.1. The van der Waals surface area contributed by atoms with Gasteiger partial charge in [0.15, 0.2) is 5.96 Å². The van der Waals surface area contributed by atoms with Crippen LogP contribution in [0.25, 0.3) is 16.7 Å². The molecule has 0 radical (unpaired) electrons. The van der Waals surface area contributed by atoms with Crippen LogP contribution in [-0.2, 0) is 6.54 Å². The van der Waals surface area contributed by atoms with E-state index in [-0.39, 0.29) is 11.6 Å². The third kappa shape index (κ3) is 6.47. The maximum absolute atomic E-state index is 12.7. The summed E-state index contributed by atoms with van der Waals surface area (Å²) in [6.07, 6.45) is 3.85. The molecule has 0 bridgehead atoms. The van der Waals surface area contributed by atoms with Gasteiger partial charge >= 0.3 is 5.69 Å². The lowest BCUT2D eigenvalue weighted by Crippen LogP contribution is -2.32. The molecule has 188 valence electrons. The number of fused-ring (bicyclic) bond motifs is 1. The molecule has 1 aliphatic rings. The van der Waals surface area contributed by atoms with Crippen LogP contribution in [-0.4, -0.2) is 64.7 Å². The summed E-state index contributed by atoms with van der Waals surface area (Å²) in [7, 11) is 0. The number of hydrogen-bond donors (Lipinski definition) is 6. The van der Waals surface area contributed by atoms with Crippen LogP contribution >= 0.6 is 0 Å². The Morgan fingerprint density at radius 1 is 1.31 bits per heavy atom. The summed E-state index contributed by atoms with van der Waals surface area (Å²) < 4.78 is 1.61. The maximum Gasteiger partial charge on any atom is 0.354 e. The third-order valence-electron chi connectivity index (χ3n) is 6.60. The van der Waals surface area contributed by atoms with Crippen molar-refractivity contribution in [1.29, 1.82) is 5.41 Å². The Morgan fingerprint density at radius 3 is 2.86 bits per heavy atom. The second-order valence-corrected chi connectivity index (χ2v) is 9.55. The standard InChI is InChI=1S/C25H37N9O/c1-17(12-26)14-33-10-7-19(15-33)22-11-20-16-34(25(35)32-23(20)31-22)21-5-3-18(4-6-21)13-29-8-2-9-30-24(27)28/h3-6,11,16-17,19,29H,2,7-10,12-15,26H2,1H3,(H4,27,28,30)(H,31,32,35)/t17-,19+/m0/s1. The van der Waals surface area contributed by atoms with Crippen LogP contribution in [0, 0.1) is 11.3 Å². The molecule has 4 rings (SSSR count). The summed E-state index contributed by atoms with van der Waals surface area (Å²) in [6.45, 7) is 8.23.